The number of hydrogen-bond donors (Lipinski definition) is 0. The lowest BCUT2D eigenvalue weighted by atomic mass is 9.78. The molecule has 3 rings (SSSR count). The van der Waals surface area contributed by atoms with Crippen molar-refractivity contribution in [3.05, 3.63) is 22.9 Å². The zero-order chi connectivity index (χ0) is 17.1. The predicted octanol–water partition coefficient (Wildman–Crippen LogP) is 3.84. The average molecular weight is 343 g/mol. The molecule has 1 amide bonds. The van der Waals surface area contributed by atoms with Gasteiger partial charge in [0, 0.05) is 18.3 Å². The number of piperidine rings is 1. The van der Waals surface area contributed by atoms with E-state index in [9.17, 15) is 10.1 Å². The summed E-state index contributed by atoms with van der Waals surface area (Å²) in [6.45, 7) is 4.75. The highest BCUT2D eigenvalue weighted by atomic mass is 32.2. The largest absolute Gasteiger partial charge is 0.339 e. The summed E-state index contributed by atoms with van der Waals surface area (Å²) in [5.74, 6) is 1.30. The van der Waals surface area contributed by atoms with Crippen molar-refractivity contribution in [2.75, 3.05) is 12.3 Å². The molecule has 2 aliphatic rings. The number of aryl methyl sites for hydroxylation is 2. The number of fused-ring (bicyclic) bond motifs is 1. The minimum Gasteiger partial charge on any atom is -0.339 e. The third kappa shape index (κ3) is 3.59. The van der Waals surface area contributed by atoms with Crippen molar-refractivity contribution in [2.45, 2.75) is 63.4 Å². The van der Waals surface area contributed by atoms with Gasteiger partial charge in [0.05, 0.1) is 11.3 Å². The van der Waals surface area contributed by atoms with E-state index >= 15 is 0 Å². The highest BCUT2D eigenvalue weighted by Gasteiger charge is 2.35. The van der Waals surface area contributed by atoms with Crippen LogP contribution in [0.2, 0.25) is 0 Å². The van der Waals surface area contributed by atoms with E-state index in [0.717, 1.165) is 30.6 Å². The Morgan fingerprint density at radius 3 is 2.88 bits per heavy atom. The number of nitriles is 1. The molecule has 128 valence electrons. The lowest BCUT2D eigenvalue weighted by Gasteiger charge is -2.44. The number of rotatable bonds is 3. The maximum absolute atomic E-state index is 12.8. The van der Waals surface area contributed by atoms with Crippen LogP contribution in [-0.4, -0.2) is 34.1 Å². The van der Waals surface area contributed by atoms with E-state index in [2.05, 4.69) is 16.0 Å². The molecule has 1 saturated carbocycles. The van der Waals surface area contributed by atoms with Crippen LogP contribution in [0.1, 0.15) is 55.3 Å². The Kier molecular flexibility index (Phi) is 5.45. The molecular formula is C19H25N3OS. The molecule has 1 saturated heterocycles. The molecule has 2 fully saturated rings. The molecule has 0 spiro atoms. The first-order chi connectivity index (χ1) is 11.6. The van der Waals surface area contributed by atoms with Gasteiger partial charge in [-0.25, -0.2) is 4.98 Å². The molecule has 1 aliphatic carbocycles. The van der Waals surface area contributed by atoms with E-state index in [-0.39, 0.29) is 5.91 Å². The van der Waals surface area contributed by atoms with Gasteiger partial charge in [0.15, 0.2) is 0 Å². The summed E-state index contributed by atoms with van der Waals surface area (Å²) in [4.78, 5) is 19.4. The zero-order valence-electron chi connectivity index (χ0n) is 14.5. The SMILES string of the molecule is Cc1cc(C)c(C#N)c(SCC(=O)N2CCCC3CCCCC32)n1. The van der Waals surface area contributed by atoms with Crippen molar-refractivity contribution in [2.24, 2.45) is 5.92 Å². The molecule has 4 nitrogen and oxygen atoms in total. The first-order valence-corrected chi connectivity index (χ1v) is 9.89. The number of carbonyl (C=O) groups excluding carboxylic acids is 1. The van der Waals surface area contributed by atoms with E-state index < -0.39 is 0 Å². The molecule has 24 heavy (non-hydrogen) atoms. The number of aromatic nitrogens is 1. The molecule has 0 aromatic carbocycles. The third-order valence-corrected chi connectivity index (χ3v) is 6.28. The van der Waals surface area contributed by atoms with E-state index in [1.165, 1.54) is 37.4 Å². The Labute approximate surface area is 148 Å². The third-order valence-electron chi connectivity index (χ3n) is 5.32. The molecule has 0 bridgehead atoms. The fourth-order valence-electron chi connectivity index (χ4n) is 4.19. The standard InChI is InChI=1S/C19H25N3OS/c1-13-10-14(2)21-19(16(13)11-20)24-12-18(23)22-9-5-7-15-6-3-4-8-17(15)22/h10,15,17H,3-9,12H2,1-2H3. The molecule has 1 aromatic heterocycles. The summed E-state index contributed by atoms with van der Waals surface area (Å²) in [5.41, 5.74) is 2.43. The Hall–Kier alpha value is -1.54. The minimum atomic E-state index is 0.210. The maximum Gasteiger partial charge on any atom is 0.233 e. The van der Waals surface area contributed by atoms with E-state index in [4.69, 9.17) is 0 Å². The molecule has 1 aliphatic heterocycles. The highest BCUT2D eigenvalue weighted by molar-refractivity contribution is 8.00. The molecule has 2 atom stereocenters. The summed E-state index contributed by atoms with van der Waals surface area (Å²) in [7, 11) is 0. The van der Waals surface area contributed by atoms with Gasteiger partial charge in [-0.3, -0.25) is 4.79 Å². The smallest absolute Gasteiger partial charge is 0.233 e. The number of carbonyl (C=O) groups is 1. The lowest BCUT2D eigenvalue weighted by Crippen LogP contribution is -2.50. The molecular weight excluding hydrogens is 318 g/mol. The average Bonchev–Trinajstić information content (AvgIpc) is 2.58. The second-order valence-electron chi connectivity index (χ2n) is 7.00. The van der Waals surface area contributed by atoms with Gasteiger partial charge in [0.2, 0.25) is 5.91 Å². The van der Waals surface area contributed by atoms with E-state index in [1.807, 2.05) is 19.9 Å². The quantitative estimate of drug-likeness (QED) is 0.782. The Bertz CT molecular complexity index is 665. The Morgan fingerprint density at radius 1 is 1.33 bits per heavy atom. The van der Waals surface area contributed by atoms with Crippen LogP contribution in [0.3, 0.4) is 0 Å². The van der Waals surface area contributed by atoms with Crippen molar-refractivity contribution < 1.29 is 4.79 Å². The van der Waals surface area contributed by atoms with Crippen LogP contribution in [0.15, 0.2) is 11.1 Å². The van der Waals surface area contributed by atoms with Crippen molar-refractivity contribution in [3.8, 4) is 6.07 Å². The van der Waals surface area contributed by atoms with E-state index in [1.54, 1.807) is 0 Å². The maximum atomic E-state index is 12.8. The number of thioether (sulfide) groups is 1. The normalized spacial score (nSPS) is 23.5. The van der Waals surface area contributed by atoms with Gasteiger partial charge < -0.3 is 4.90 Å². The van der Waals surface area contributed by atoms with Gasteiger partial charge in [-0.15, -0.1) is 0 Å². The van der Waals surface area contributed by atoms with Crippen LogP contribution >= 0.6 is 11.8 Å². The van der Waals surface area contributed by atoms with Gasteiger partial charge in [-0.2, -0.15) is 5.26 Å². The Morgan fingerprint density at radius 2 is 2.08 bits per heavy atom. The van der Waals surface area contributed by atoms with Crippen molar-refractivity contribution >= 4 is 17.7 Å². The summed E-state index contributed by atoms with van der Waals surface area (Å²) in [5, 5.41) is 10.1. The van der Waals surface area contributed by atoms with Crippen LogP contribution in [0, 0.1) is 31.1 Å². The van der Waals surface area contributed by atoms with Gasteiger partial charge in [0.25, 0.3) is 0 Å². The van der Waals surface area contributed by atoms with Crippen molar-refractivity contribution in [1.82, 2.24) is 9.88 Å². The van der Waals surface area contributed by atoms with Gasteiger partial charge in [-0.1, -0.05) is 24.6 Å². The first kappa shape index (κ1) is 17.3. The summed E-state index contributed by atoms with van der Waals surface area (Å²) in [6, 6.07) is 4.60. The van der Waals surface area contributed by atoms with Crippen LogP contribution in [0.25, 0.3) is 0 Å². The molecule has 2 heterocycles. The second kappa shape index (κ2) is 7.57. The fraction of sp³-hybridized carbons (Fsp3) is 0.632. The number of pyridine rings is 1. The van der Waals surface area contributed by atoms with Crippen molar-refractivity contribution in [3.63, 3.8) is 0 Å². The topological polar surface area (TPSA) is 57.0 Å². The summed E-state index contributed by atoms with van der Waals surface area (Å²) < 4.78 is 0. The zero-order valence-corrected chi connectivity index (χ0v) is 15.4. The van der Waals surface area contributed by atoms with Crippen molar-refractivity contribution in [1.29, 1.82) is 5.26 Å². The van der Waals surface area contributed by atoms with Gasteiger partial charge in [0.1, 0.15) is 11.1 Å². The van der Waals surface area contributed by atoms with Gasteiger partial charge >= 0.3 is 0 Å². The minimum absolute atomic E-state index is 0.210. The number of hydrogen-bond acceptors (Lipinski definition) is 4. The predicted molar refractivity (Wildman–Crippen MR) is 95.8 cm³/mol. The molecule has 0 N–H and O–H groups in total. The number of amides is 1. The van der Waals surface area contributed by atoms with E-state index in [0.29, 0.717) is 28.3 Å². The number of likely N-dealkylation sites (tertiary alicyclic amines) is 1. The molecule has 2 unspecified atom stereocenters. The molecule has 0 radical (unpaired) electrons. The molecule has 1 aromatic rings. The second-order valence-corrected chi connectivity index (χ2v) is 7.97. The lowest BCUT2D eigenvalue weighted by molar-refractivity contribution is -0.134. The van der Waals surface area contributed by atoms with Crippen LogP contribution in [-0.2, 0) is 4.79 Å². The summed E-state index contributed by atoms with van der Waals surface area (Å²) in [6.07, 6.45) is 7.40. The van der Waals surface area contributed by atoms with Crippen LogP contribution in [0.4, 0.5) is 0 Å². The molecule has 5 heteroatoms. The van der Waals surface area contributed by atoms with Crippen LogP contribution in [0.5, 0.6) is 0 Å². The Balaban J connectivity index is 1.68. The summed E-state index contributed by atoms with van der Waals surface area (Å²) >= 11 is 1.42. The van der Waals surface area contributed by atoms with Crippen LogP contribution < -0.4 is 0 Å². The number of nitrogens with zero attached hydrogens (tertiary/aromatic N) is 3. The van der Waals surface area contributed by atoms with Gasteiger partial charge in [-0.05, 0) is 57.1 Å². The monoisotopic (exact) mass is 343 g/mol. The first-order valence-electron chi connectivity index (χ1n) is 8.90. The highest BCUT2D eigenvalue weighted by Crippen LogP contribution is 2.36. The fourth-order valence-corrected chi connectivity index (χ4v) is 5.18.